The van der Waals surface area contributed by atoms with Crippen LogP contribution in [0.15, 0.2) is 41.4 Å². The van der Waals surface area contributed by atoms with Gasteiger partial charge in [0, 0.05) is 26.3 Å². The number of carbonyl (C=O) groups is 2. The molecule has 0 aliphatic heterocycles. The molecule has 1 aromatic heterocycles. The Hall–Kier alpha value is -2.85. The van der Waals surface area contributed by atoms with Crippen molar-refractivity contribution >= 4 is 27.6 Å². The van der Waals surface area contributed by atoms with Crippen LogP contribution in [0.3, 0.4) is 0 Å². The van der Waals surface area contributed by atoms with Crippen LogP contribution in [0.2, 0.25) is 0 Å². The van der Waals surface area contributed by atoms with E-state index in [1.165, 1.54) is 28.1 Å². The summed E-state index contributed by atoms with van der Waals surface area (Å²) in [5, 5.41) is 2.68. The Morgan fingerprint density at radius 2 is 1.81 bits per heavy atom. The van der Waals surface area contributed by atoms with Gasteiger partial charge in [-0.1, -0.05) is 26.0 Å². The van der Waals surface area contributed by atoms with Crippen molar-refractivity contribution < 1.29 is 27.5 Å². The zero-order valence-corrected chi connectivity index (χ0v) is 19.2. The molecule has 0 fully saturated rings. The smallest absolute Gasteiger partial charge is 0.355 e. The highest BCUT2D eigenvalue weighted by molar-refractivity contribution is 7.89. The number of benzene rings is 1. The molecule has 0 aliphatic carbocycles. The largest absolute Gasteiger partial charge is 0.492 e. The molecule has 1 unspecified atom stereocenters. The first-order chi connectivity index (χ1) is 14.6. The number of anilines is 1. The highest BCUT2D eigenvalue weighted by atomic mass is 32.2. The van der Waals surface area contributed by atoms with Crippen molar-refractivity contribution in [2.24, 2.45) is 7.05 Å². The van der Waals surface area contributed by atoms with Crippen LogP contribution in [-0.4, -0.2) is 55.0 Å². The van der Waals surface area contributed by atoms with Gasteiger partial charge >= 0.3 is 5.97 Å². The van der Waals surface area contributed by atoms with Crippen molar-refractivity contribution in [3.05, 3.63) is 42.2 Å². The molecule has 9 nitrogen and oxygen atoms in total. The van der Waals surface area contributed by atoms with Gasteiger partial charge < -0.3 is 19.4 Å². The maximum absolute atomic E-state index is 12.7. The van der Waals surface area contributed by atoms with Crippen LogP contribution in [0.4, 0.5) is 5.69 Å². The number of rotatable bonds is 10. The molecule has 1 aromatic carbocycles. The van der Waals surface area contributed by atoms with Gasteiger partial charge in [0.2, 0.25) is 10.0 Å². The van der Waals surface area contributed by atoms with Gasteiger partial charge in [0.1, 0.15) is 16.3 Å². The number of nitrogens with one attached hydrogen (secondary N) is 1. The molecular formula is C21H29N3O6S. The number of hydrogen-bond acceptors (Lipinski definition) is 6. The number of nitrogens with zero attached hydrogens (tertiary/aromatic N) is 2. The predicted octanol–water partition coefficient (Wildman–Crippen LogP) is 2.64. The van der Waals surface area contributed by atoms with E-state index in [9.17, 15) is 18.0 Å². The number of hydrogen-bond donors (Lipinski definition) is 1. The number of amides is 1. The highest BCUT2D eigenvalue weighted by Gasteiger charge is 2.27. The first-order valence-electron chi connectivity index (χ1n) is 10.1. The van der Waals surface area contributed by atoms with Crippen molar-refractivity contribution in [1.29, 1.82) is 0 Å². The molecule has 1 amide bonds. The number of esters is 1. The van der Waals surface area contributed by atoms with Gasteiger partial charge in [0.25, 0.3) is 5.91 Å². The van der Waals surface area contributed by atoms with E-state index >= 15 is 0 Å². The lowest BCUT2D eigenvalue weighted by Crippen LogP contribution is -2.30. The molecular weight excluding hydrogens is 422 g/mol. The molecule has 31 heavy (non-hydrogen) atoms. The predicted molar refractivity (Wildman–Crippen MR) is 117 cm³/mol. The Balaban J connectivity index is 2.13. The van der Waals surface area contributed by atoms with Crippen LogP contribution < -0.4 is 10.1 Å². The lowest BCUT2D eigenvalue weighted by Gasteiger charge is -2.17. The minimum atomic E-state index is -3.72. The van der Waals surface area contributed by atoms with Crippen LogP contribution in [0.25, 0.3) is 0 Å². The molecule has 2 rings (SSSR count). The Kier molecular flexibility index (Phi) is 8.23. The summed E-state index contributed by atoms with van der Waals surface area (Å²) >= 11 is 0. The second-order valence-corrected chi connectivity index (χ2v) is 8.67. The Morgan fingerprint density at radius 1 is 1.16 bits per heavy atom. The second-order valence-electron chi connectivity index (χ2n) is 6.73. The van der Waals surface area contributed by atoms with E-state index in [2.05, 4.69) is 5.32 Å². The summed E-state index contributed by atoms with van der Waals surface area (Å²) in [7, 11) is -2.18. The number of ether oxygens (including phenoxy) is 2. The van der Waals surface area contributed by atoms with Crippen molar-refractivity contribution in [2.75, 3.05) is 25.0 Å². The van der Waals surface area contributed by atoms with E-state index in [0.717, 1.165) is 0 Å². The third-order valence-corrected chi connectivity index (χ3v) is 6.65. The summed E-state index contributed by atoms with van der Waals surface area (Å²) in [4.78, 5) is 25.1. The molecule has 0 radical (unpaired) electrons. The summed E-state index contributed by atoms with van der Waals surface area (Å²) in [6.07, 6.45) is 0.243. The molecule has 0 bridgehead atoms. The molecule has 1 heterocycles. The molecule has 170 valence electrons. The molecule has 0 saturated carbocycles. The molecule has 10 heteroatoms. The third kappa shape index (κ3) is 5.65. The molecule has 0 aliphatic rings. The zero-order chi connectivity index (χ0) is 23.2. The van der Waals surface area contributed by atoms with Crippen molar-refractivity contribution in [3.63, 3.8) is 0 Å². The Morgan fingerprint density at radius 3 is 2.42 bits per heavy atom. The third-order valence-electron chi connectivity index (χ3n) is 4.63. The zero-order valence-electron chi connectivity index (χ0n) is 18.4. The fourth-order valence-electron chi connectivity index (χ4n) is 2.95. The van der Waals surface area contributed by atoms with E-state index in [1.807, 2.05) is 6.92 Å². The maximum Gasteiger partial charge on any atom is 0.355 e. The minimum absolute atomic E-state index is 0.00611. The average molecular weight is 452 g/mol. The van der Waals surface area contributed by atoms with Crippen LogP contribution >= 0.6 is 0 Å². The fourth-order valence-corrected chi connectivity index (χ4v) is 4.48. The van der Waals surface area contributed by atoms with Crippen molar-refractivity contribution in [1.82, 2.24) is 8.87 Å². The van der Waals surface area contributed by atoms with E-state index in [1.54, 1.807) is 45.2 Å². The van der Waals surface area contributed by atoms with E-state index in [0.29, 0.717) is 31.1 Å². The normalized spacial score (nSPS) is 12.5. The summed E-state index contributed by atoms with van der Waals surface area (Å²) in [5.41, 5.74) is 0.490. The number of para-hydroxylation sites is 2. The topological polar surface area (TPSA) is 107 Å². The van der Waals surface area contributed by atoms with E-state index < -0.39 is 28.0 Å². The first-order valence-corrected chi connectivity index (χ1v) is 11.5. The Labute approximate surface area is 183 Å². The maximum atomic E-state index is 12.7. The number of aryl methyl sites for hydroxylation is 1. The van der Waals surface area contributed by atoms with Gasteiger partial charge in [-0.2, -0.15) is 4.31 Å². The highest BCUT2D eigenvalue weighted by Crippen LogP contribution is 2.24. The van der Waals surface area contributed by atoms with Gasteiger partial charge in [-0.3, -0.25) is 4.79 Å². The number of aromatic nitrogens is 1. The number of sulfonamides is 1. The Bertz CT molecular complexity index is 1030. The van der Waals surface area contributed by atoms with Gasteiger partial charge in [-0.05, 0) is 32.0 Å². The summed E-state index contributed by atoms with van der Waals surface area (Å²) in [5.74, 6) is -0.833. The quantitative estimate of drug-likeness (QED) is 0.557. The average Bonchev–Trinajstić information content (AvgIpc) is 3.13. The second kappa shape index (κ2) is 10.5. The minimum Gasteiger partial charge on any atom is -0.492 e. The van der Waals surface area contributed by atoms with Crippen LogP contribution in [0.1, 0.15) is 38.2 Å². The molecule has 2 aromatic rings. The standard InChI is InChI=1S/C21H29N3O6S/c1-6-24(7-2)31(27,28)16-13-18(23(5)14-16)21(26)30-15(4)20(25)22-17-11-9-10-12-19(17)29-8-3/h9-15H,6-8H2,1-5H3,(H,22,25). The van der Waals surface area contributed by atoms with E-state index in [4.69, 9.17) is 9.47 Å². The fraction of sp³-hybridized carbons (Fsp3) is 0.429. The van der Waals surface area contributed by atoms with Crippen molar-refractivity contribution in [3.8, 4) is 5.75 Å². The summed E-state index contributed by atoms with van der Waals surface area (Å²) < 4.78 is 38.8. The molecule has 1 atom stereocenters. The van der Waals surface area contributed by atoms with Gasteiger partial charge in [0.05, 0.1) is 12.3 Å². The summed E-state index contributed by atoms with van der Waals surface area (Å²) in [6, 6.07) is 8.18. The van der Waals surface area contributed by atoms with Crippen LogP contribution in [0, 0.1) is 0 Å². The summed E-state index contributed by atoms with van der Waals surface area (Å²) in [6.45, 7) is 7.81. The monoisotopic (exact) mass is 451 g/mol. The van der Waals surface area contributed by atoms with Gasteiger partial charge in [0.15, 0.2) is 6.10 Å². The van der Waals surface area contributed by atoms with Crippen LogP contribution in [0.5, 0.6) is 5.75 Å². The molecule has 0 spiro atoms. The van der Waals surface area contributed by atoms with Crippen molar-refractivity contribution in [2.45, 2.75) is 38.7 Å². The first kappa shape index (κ1) is 24.4. The van der Waals surface area contributed by atoms with Gasteiger partial charge in [-0.25, -0.2) is 13.2 Å². The van der Waals surface area contributed by atoms with E-state index in [-0.39, 0.29) is 10.6 Å². The van der Waals surface area contributed by atoms with Crippen LogP contribution in [-0.2, 0) is 26.6 Å². The lowest BCUT2D eigenvalue weighted by molar-refractivity contribution is -0.123. The van der Waals surface area contributed by atoms with Gasteiger partial charge in [-0.15, -0.1) is 0 Å². The SMILES string of the molecule is CCOc1ccccc1NC(=O)C(C)OC(=O)c1cc(S(=O)(=O)N(CC)CC)cn1C. The molecule has 0 saturated heterocycles. The molecule has 1 N–H and O–H groups in total. The lowest BCUT2D eigenvalue weighted by atomic mass is 10.2. The number of carbonyl (C=O) groups excluding carboxylic acids is 2.